The van der Waals surface area contributed by atoms with Crippen molar-refractivity contribution in [3.63, 3.8) is 0 Å². The highest BCUT2D eigenvalue weighted by Gasteiger charge is 2.35. The van der Waals surface area contributed by atoms with Gasteiger partial charge in [-0.2, -0.15) is 0 Å². The van der Waals surface area contributed by atoms with Gasteiger partial charge in [0.05, 0.1) is 11.9 Å². The Morgan fingerprint density at radius 1 is 1.24 bits per heavy atom. The van der Waals surface area contributed by atoms with E-state index in [1.54, 1.807) is 17.7 Å². The summed E-state index contributed by atoms with van der Waals surface area (Å²) in [6, 6.07) is 2.49. The van der Waals surface area contributed by atoms with Crippen LogP contribution in [0.2, 0.25) is 0 Å². The lowest BCUT2D eigenvalue weighted by atomic mass is 9.87. The molecule has 3 aliphatic rings. The lowest BCUT2D eigenvalue weighted by Crippen LogP contribution is -2.39. The molecule has 2 aliphatic heterocycles. The number of aromatic nitrogens is 3. The van der Waals surface area contributed by atoms with Gasteiger partial charge in [-0.1, -0.05) is 0 Å². The number of aryl methyl sites for hydroxylation is 1. The van der Waals surface area contributed by atoms with Gasteiger partial charge in [0, 0.05) is 53.5 Å². The number of nitrogens with zero attached hydrogens (tertiary/aromatic N) is 6. The Morgan fingerprint density at radius 2 is 2.15 bits per heavy atom. The van der Waals surface area contributed by atoms with Gasteiger partial charge >= 0.3 is 0 Å². The van der Waals surface area contributed by atoms with Gasteiger partial charge < -0.3 is 15.1 Å². The van der Waals surface area contributed by atoms with Crippen LogP contribution in [-0.4, -0.2) is 70.1 Å². The molecule has 33 heavy (non-hydrogen) atoms. The first-order valence-electron chi connectivity index (χ1n) is 11.5. The van der Waals surface area contributed by atoms with Gasteiger partial charge in [-0.25, -0.2) is 15.0 Å². The third-order valence-electron chi connectivity index (χ3n) is 7.16. The summed E-state index contributed by atoms with van der Waals surface area (Å²) in [5.74, 6) is 1.93. The summed E-state index contributed by atoms with van der Waals surface area (Å²) in [6.07, 6.45) is 8.99. The molecular weight excluding hydrogens is 434 g/mol. The zero-order valence-electron chi connectivity index (χ0n) is 18.9. The zero-order chi connectivity index (χ0) is 22.5. The summed E-state index contributed by atoms with van der Waals surface area (Å²) in [5, 5.41) is 4.49. The summed E-state index contributed by atoms with van der Waals surface area (Å²) in [7, 11) is 4.20. The summed E-state index contributed by atoms with van der Waals surface area (Å²) in [5.41, 5.74) is 3.54. The quantitative estimate of drug-likeness (QED) is 0.643. The van der Waals surface area contributed by atoms with Crippen LogP contribution in [0.15, 0.2) is 23.6 Å². The monoisotopic (exact) mass is 461 g/mol. The first kappa shape index (κ1) is 20.7. The molecule has 0 unspecified atom stereocenters. The third-order valence-corrected chi connectivity index (χ3v) is 8.32. The topological polar surface area (TPSA) is 86.6 Å². The number of rotatable bonds is 4. The van der Waals surface area contributed by atoms with Crippen LogP contribution in [0, 0.1) is 5.92 Å². The van der Waals surface area contributed by atoms with Crippen LogP contribution in [0.5, 0.6) is 0 Å². The zero-order valence-corrected chi connectivity index (χ0v) is 19.7. The van der Waals surface area contributed by atoms with Crippen molar-refractivity contribution in [3.05, 3.63) is 40.2 Å². The number of pyridine rings is 1. The molecule has 2 atom stereocenters. The van der Waals surface area contributed by atoms with Crippen LogP contribution in [0.4, 0.5) is 11.6 Å². The van der Waals surface area contributed by atoms with Crippen molar-refractivity contribution in [2.75, 3.05) is 32.5 Å². The van der Waals surface area contributed by atoms with Gasteiger partial charge in [0.1, 0.15) is 22.8 Å². The predicted molar refractivity (Wildman–Crippen MR) is 130 cm³/mol. The molecule has 0 radical (unpaired) electrons. The lowest BCUT2D eigenvalue weighted by Gasteiger charge is -2.27. The maximum Gasteiger partial charge on any atom is 0.226 e. The van der Waals surface area contributed by atoms with E-state index < -0.39 is 0 Å². The number of likely N-dealkylation sites (tertiary alicyclic amines) is 1. The SMILES string of the molecule is CN(C)[C@H]1CCN(C(=O)[C@H]2CCc3c(sc4ncnc(Nc5cc6c(cn5)CN=C6)c34)C2)C1. The highest BCUT2D eigenvalue weighted by atomic mass is 32.1. The van der Waals surface area contributed by atoms with E-state index in [-0.39, 0.29) is 5.92 Å². The van der Waals surface area contributed by atoms with E-state index in [0.717, 1.165) is 71.8 Å². The molecule has 0 spiro atoms. The van der Waals surface area contributed by atoms with Crippen molar-refractivity contribution in [2.45, 2.75) is 38.3 Å². The van der Waals surface area contributed by atoms with E-state index in [1.807, 2.05) is 18.5 Å². The van der Waals surface area contributed by atoms with Gasteiger partial charge in [-0.3, -0.25) is 9.79 Å². The minimum Gasteiger partial charge on any atom is -0.341 e. The third kappa shape index (κ3) is 3.69. The second-order valence-corrected chi connectivity index (χ2v) is 10.5. The molecule has 3 aromatic rings. The van der Waals surface area contributed by atoms with E-state index in [2.05, 4.69) is 49.2 Å². The first-order valence-corrected chi connectivity index (χ1v) is 12.3. The molecule has 5 heterocycles. The van der Waals surface area contributed by atoms with Crippen LogP contribution in [0.25, 0.3) is 10.2 Å². The second-order valence-electron chi connectivity index (χ2n) is 9.40. The number of aliphatic imine (C=N–C) groups is 1. The number of hydrogen-bond donors (Lipinski definition) is 1. The second kappa shape index (κ2) is 8.14. The van der Waals surface area contributed by atoms with Gasteiger partial charge in [-0.05, 0) is 51.4 Å². The smallest absolute Gasteiger partial charge is 0.226 e. The normalized spacial score (nSPS) is 21.6. The summed E-state index contributed by atoms with van der Waals surface area (Å²) in [6.45, 7) is 2.42. The Hall–Kier alpha value is -2.91. The number of anilines is 2. The highest BCUT2D eigenvalue weighted by Crippen LogP contribution is 2.41. The van der Waals surface area contributed by atoms with Crippen LogP contribution < -0.4 is 5.32 Å². The molecule has 0 saturated carbocycles. The molecule has 3 aromatic heterocycles. The van der Waals surface area contributed by atoms with Crippen LogP contribution in [0.3, 0.4) is 0 Å². The minimum absolute atomic E-state index is 0.0634. The van der Waals surface area contributed by atoms with Crippen LogP contribution in [0.1, 0.15) is 34.4 Å². The van der Waals surface area contributed by atoms with Crippen molar-refractivity contribution >= 4 is 45.3 Å². The first-order chi connectivity index (χ1) is 16.1. The fraction of sp³-hybridized carbons (Fsp3) is 0.458. The lowest BCUT2D eigenvalue weighted by molar-refractivity contribution is -0.134. The van der Waals surface area contributed by atoms with Gasteiger partial charge in [-0.15, -0.1) is 11.3 Å². The van der Waals surface area contributed by atoms with E-state index >= 15 is 0 Å². The molecule has 0 bridgehead atoms. The number of thiophene rings is 1. The number of carbonyl (C=O) groups excluding carboxylic acids is 1. The number of carbonyl (C=O) groups is 1. The minimum atomic E-state index is 0.0634. The van der Waals surface area contributed by atoms with Crippen molar-refractivity contribution in [1.29, 1.82) is 0 Å². The van der Waals surface area contributed by atoms with Crippen LogP contribution >= 0.6 is 11.3 Å². The molecule has 1 saturated heterocycles. The summed E-state index contributed by atoms with van der Waals surface area (Å²) in [4.78, 5) is 37.8. The van der Waals surface area contributed by atoms with E-state index in [1.165, 1.54) is 10.4 Å². The summed E-state index contributed by atoms with van der Waals surface area (Å²) >= 11 is 1.70. The number of likely N-dealkylation sites (N-methyl/N-ethyl adjacent to an activating group) is 1. The molecule has 1 N–H and O–H groups in total. The Kier molecular flexibility index (Phi) is 5.10. The Bertz CT molecular complexity index is 1270. The number of hydrogen-bond acceptors (Lipinski definition) is 8. The molecule has 8 nitrogen and oxygen atoms in total. The molecule has 1 amide bonds. The predicted octanol–water partition coefficient (Wildman–Crippen LogP) is 3.03. The Labute approximate surface area is 196 Å². The van der Waals surface area contributed by atoms with E-state index in [9.17, 15) is 4.79 Å². The average molecular weight is 462 g/mol. The van der Waals surface area contributed by atoms with Crippen LogP contribution in [-0.2, 0) is 24.2 Å². The maximum atomic E-state index is 13.2. The van der Waals surface area contributed by atoms with Crippen molar-refractivity contribution in [1.82, 2.24) is 24.8 Å². The van der Waals surface area contributed by atoms with Gasteiger partial charge in [0.15, 0.2) is 0 Å². The van der Waals surface area contributed by atoms with Crippen molar-refractivity contribution in [3.8, 4) is 0 Å². The molecule has 6 rings (SSSR count). The Morgan fingerprint density at radius 3 is 3.00 bits per heavy atom. The molecule has 9 heteroatoms. The number of amides is 1. The highest BCUT2D eigenvalue weighted by molar-refractivity contribution is 7.19. The fourth-order valence-electron chi connectivity index (χ4n) is 5.22. The molecule has 1 aliphatic carbocycles. The largest absolute Gasteiger partial charge is 0.341 e. The molecule has 170 valence electrons. The standard InChI is InChI=1S/C24H27N7OS/c1-30(2)17-5-6-31(12-17)24(32)14-3-4-18-19(7-14)33-23-21(18)22(27-13-28-23)29-20-8-15-9-25-10-16(15)11-26-20/h8-9,11,13-14,17H,3-7,10,12H2,1-2H3,(H,26,27,28,29)/t14-,17-/m0/s1. The molecular formula is C24H27N7OS. The van der Waals surface area contributed by atoms with Gasteiger partial charge in [0.2, 0.25) is 5.91 Å². The average Bonchev–Trinajstić information content (AvgIpc) is 3.55. The van der Waals surface area contributed by atoms with E-state index in [4.69, 9.17) is 0 Å². The molecule has 1 fully saturated rings. The number of nitrogens with one attached hydrogen (secondary N) is 1. The Balaban J connectivity index is 1.25. The van der Waals surface area contributed by atoms with Crippen molar-refractivity contribution < 1.29 is 4.79 Å². The molecule has 0 aromatic carbocycles. The van der Waals surface area contributed by atoms with Crippen molar-refractivity contribution in [2.24, 2.45) is 10.9 Å². The maximum absolute atomic E-state index is 13.2. The number of fused-ring (bicyclic) bond motifs is 4. The van der Waals surface area contributed by atoms with Gasteiger partial charge in [0.25, 0.3) is 0 Å². The van der Waals surface area contributed by atoms with E-state index in [0.29, 0.717) is 18.5 Å². The summed E-state index contributed by atoms with van der Waals surface area (Å²) < 4.78 is 0. The fourth-order valence-corrected chi connectivity index (χ4v) is 6.49.